The maximum absolute atomic E-state index is 13.3. The van der Waals surface area contributed by atoms with Crippen LogP contribution in [0, 0.1) is 11.8 Å². The van der Waals surface area contributed by atoms with E-state index in [9.17, 15) is 14.4 Å². The van der Waals surface area contributed by atoms with E-state index in [4.69, 9.17) is 15.2 Å². The Kier molecular flexibility index (Phi) is 6.90. The molecule has 1 aromatic carbocycles. The summed E-state index contributed by atoms with van der Waals surface area (Å²) in [5.41, 5.74) is 5.59. The van der Waals surface area contributed by atoms with Gasteiger partial charge >= 0.3 is 5.69 Å². The number of H-pyrrole nitrogens is 1. The zero-order valence-corrected chi connectivity index (χ0v) is 20.2. The third-order valence-electron chi connectivity index (χ3n) is 5.29. The Bertz CT molecular complexity index is 1150. The highest BCUT2D eigenvalue weighted by Gasteiger charge is 2.33. The molecule has 1 aliphatic rings. The highest BCUT2D eigenvalue weighted by atomic mass is 16.5. The Morgan fingerprint density at radius 3 is 2.58 bits per heavy atom. The lowest BCUT2D eigenvalue weighted by molar-refractivity contribution is -0.120. The van der Waals surface area contributed by atoms with Crippen LogP contribution in [0.1, 0.15) is 47.1 Å². The average molecular weight is 459 g/mol. The minimum atomic E-state index is -0.697. The highest BCUT2D eigenvalue weighted by molar-refractivity contribution is 5.96. The van der Waals surface area contributed by atoms with Gasteiger partial charge in [-0.2, -0.15) is 0 Å². The smallest absolute Gasteiger partial charge is 0.330 e. The van der Waals surface area contributed by atoms with Gasteiger partial charge in [-0.1, -0.05) is 39.8 Å². The monoisotopic (exact) mass is 458 g/mol. The van der Waals surface area contributed by atoms with E-state index in [1.165, 1.54) is 9.47 Å². The average Bonchev–Trinajstić information content (AvgIpc) is 3.02. The number of hydrogen-bond donors (Lipinski definition) is 2. The van der Waals surface area contributed by atoms with E-state index in [-0.39, 0.29) is 42.1 Å². The number of carbonyl (C=O) groups is 1. The van der Waals surface area contributed by atoms with Gasteiger partial charge in [-0.3, -0.25) is 19.1 Å². The molecule has 33 heavy (non-hydrogen) atoms. The first-order chi connectivity index (χ1) is 15.4. The number of nitrogens with zero attached hydrogens (tertiary/aromatic N) is 2. The van der Waals surface area contributed by atoms with Crippen molar-refractivity contribution in [3.05, 3.63) is 44.6 Å². The minimum Gasteiger partial charge on any atom is -0.483 e. The molecule has 1 aromatic heterocycles. The second kappa shape index (κ2) is 9.33. The van der Waals surface area contributed by atoms with Crippen molar-refractivity contribution >= 4 is 17.4 Å². The lowest BCUT2D eigenvalue weighted by Gasteiger charge is -2.26. The number of benzene rings is 1. The summed E-state index contributed by atoms with van der Waals surface area (Å²) in [6, 6.07) is 5.59. The molecule has 0 aliphatic carbocycles. The molecule has 1 amide bonds. The molecule has 180 valence electrons. The van der Waals surface area contributed by atoms with Crippen molar-refractivity contribution < 1.29 is 14.3 Å². The van der Waals surface area contributed by atoms with E-state index >= 15 is 0 Å². The molecule has 0 bridgehead atoms. The quantitative estimate of drug-likeness (QED) is 0.627. The zero-order valence-electron chi connectivity index (χ0n) is 20.2. The topological polar surface area (TPSA) is 120 Å². The second-order valence-corrected chi connectivity index (χ2v) is 9.97. The molecular formula is C24H34N4O5. The van der Waals surface area contributed by atoms with Crippen LogP contribution >= 0.6 is 0 Å². The standard InChI is InChI=1S/C24H34N4O5/c1-14(2)11-27(19-21(25)28(12-15(3)4)23(31)26-22(19)30)18(29)13-32-17-9-7-8-16-10-24(5,6)33-20(16)17/h7-9,14-15H,10-13,25H2,1-6H3,(H,26,30,31). The fraction of sp³-hybridized carbons (Fsp3) is 0.542. The van der Waals surface area contributed by atoms with Crippen molar-refractivity contribution in [1.82, 2.24) is 9.55 Å². The van der Waals surface area contributed by atoms with Crippen LogP contribution < -0.4 is 31.4 Å². The van der Waals surface area contributed by atoms with E-state index in [0.717, 1.165) is 12.0 Å². The fourth-order valence-corrected chi connectivity index (χ4v) is 3.99. The van der Waals surface area contributed by atoms with Gasteiger partial charge in [0.2, 0.25) is 0 Å². The summed E-state index contributed by atoms with van der Waals surface area (Å²) in [6.45, 7) is 12.0. The van der Waals surface area contributed by atoms with Gasteiger partial charge in [0, 0.05) is 25.1 Å². The molecule has 3 N–H and O–H groups in total. The third kappa shape index (κ3) is 5.40. The van der Waals surface area contributed by atoms with Crippen LogP contribution in [0.5, 0.6) is 11.5 Å². The van der Waals surface area contributed by atoms with E-state index in [1.807, 2.05) is 53.7 Å². The number of aromatic amines is 1. The molecule has 1 aliphatic heterocycles. The Morgan fingerprint density at radius 1 is 1.24 bits per heavy atom. The number of amides is 1. The lowest BCUT2D eigenvalue weighted by atomic mass is 10.0. The van der Waals surface area contributed by atoms with Gasteiger partial charge in [0.25, 0.3) is 11.5 Å². The van der Waals surface area contributed by atoms with Gasteiger partial charge in [0.05, 0.1) is 0 Å². The lowest BCUT2D eigenvalue weighted by Crippen LogP contribution is -2.44. The van der Waals surface area contributed by atoms with Crippen LogP contribution in [0.4, 0.5) is 11.5 Å². The summed E-state index contributed by atoms with van der Waals surface area (Å²) in [6.07, 6.45) is 0.746. The van der Waals surface area contributed by atoms with Crippen LogP contribution in [0.15, 0.2) is 27.8 Å². The molecule has 0 atom stereocenters. The number of carbonyl (C=O) groups excluding carboxylic acids is 1. The number of nitrogen functional groups attached to an aromatic ring is 1. The molecule has 0 spiro atoms. The molecule has 0 fully saturated rings. The molecule has 0 unspecified atom stereocenters. The molecule has 9 heteroatoms. The Hall–Kier alpha value is -3.23. The normalized spacial score (nSPS) is 14.3. The summed E-state index contributed by atoms with van der Waals surface area (Å²) in [7, 11) is 0. The molecule has 0 saturated carbocycles. The van der Waals surface area contributed by atoms with Gasteiger partial charge in [-0.25, -0.2) is 4.79 Å². The number of nitrogens with one attached hydrogen (secondary N) is 1. The minimum absolute atomic E-state index is 0.0304. The van der Waals surface area contributed by atoms with E-state index in [0.29, 0.717) is 18.0 Å². The summed E-state index contributed by atoms with van der Waals surface area (Å²) >= 11 is 0. The van der Waals surface area contributed by atoms with Crippen molar-refractivity contribution in [1.29, 1.82) is 0 Å². The van der Waals surface area contributed by atoms with Crippen molar-refractivity contribution in [3.8, 4) is 11.5 Å². The summed E-state index contributed by atoms with van der Waals surface area (Å²) in [5, 5.41) is 0. The Labute approximate surface area is 193 Å². The Balaban J connectivity index is 1.91. The predicted octanol–water partition coefficient (Wildman–Crippen LogP) is 2.56. The van der Waals surface area contributed by atoms with Crippen LogP contribution in [-0.4, -0.2) is 34.2 Å². The van der Waals surface area contributed by atoms with E-state index < -0.39 is 17.2 Å². The van der Waals surface area contributed by atoms with E-state index in [2.05, 4.69) is 4.98 Å². The van der Waals surface area contributed by atoms with Gasteiger partial charge in [-0.05, 0) is 31.7 Å². The molecule has 9 nitrogen and oxygen atoms in total. The van der Waals surface area contributed by atoms with Gasteiger partial charge in [0.1, 0.15) is 11.4 Å². The number of nitrogens with two attached hydrogens (primary N) is 1. The van der Waals surface area contributed by atoms with Crippen molar-refractivity contribution in [2.75, 3.05) is 23.8 Å². The predicted molar refractivity (Wildman–Crippen MR) is 128 cm³/mol. The first-order valence-corrected chi connectivity index (χ1v) is 11.3. The Morgan fingerprint density at radius 2 is 1.94 bits per heavy atom. The highest BCUT2D eigenvalue weighted by Crippen LogP contribution is 2.41. The summed E-state index contributed by atoms with van der Waals surface area (Å²) in [4.78, 5) is 41.9. The summed E-state index contributed by atoms with van der Waals surface area (Å²) < 4.78 is 13.2. The van der Waals surface area contributed by atoms with Crippen LogP contribution in [0.25, 0.3) is 0 Å². The fourth-order valence-electron chi connectivity index (χ4n) is 3.99. The molecule has 0 radical (unpaired) electrons. The first kappa shape index (κ1) is 24.4. The van der Waals surface area contributed by atoms with Gasteiger partial charge in [0.15, 0.2) is 23.8 Å². The number of rotatable bonds is 8. The SMILES string of the molecule is CC(C)CN(C(=O)COc1cccc2c1OC(C)(C)C2)c1c(N)n(CC(C)C)c(=O)[nH]c1=O. The summed E-state index contributed by atoms with van der Waals surface area (Å²) in [5.74, 6) is 0.799. The van der Waals surface area contributed by atoms with Crippen molar-refractivity contribution in [2.24, 2.45) is 11.8 Å². The zero-order chi connectivity index (χ0) is 24.5. The second-order valence-electron chi connectivity index (χ2n) is 9.97. The first-order valence-electron chi connectivity index (χ1n) is 11.3. The number of ether oxygens (including phenoxy) is 2. The number of aromatic nitrogens is 2. The van der Waals surface area contributed by atoms with Crippen LogP contribution in [-0.2, 0) is 17.8 Å². The molecular weight excluding hydrogens is 424 g/mol. The van der Waals surface area contributed by atoms with Crippen LogP contribution in [0.3, 0.4) is 0 Å². The maximum atomic E-state index is 13.3. The van der Waals surface area contributed by atoms with Gasteiger partial charge < -0.3 is 20.1 Å². The maximum Gasteiger partial charge on any atom is 0.330 e. The van der Waals surface area contributed by atoms with Crippen molar-refractivity contribution in [2.45, 2.75) is 60.1 Å². The van der Waals surface area contributed by atoms with Crippen LogP contribution in [0.2, 0.25) is 0 Å². The number of para-hydroxylation sites is 1. The largest absolute Gasteiger partial charge is 0.483 e. The molecule has 2 aromatic rings. The molecule has 0 saturated heterocycles. The number of hydrogen-bond acceptors (Lipinski definition) is 6. The number of anilines is 2. The molecule has 2 heterocycles. The van der Waals surface area contributed by atoms with Gasteiger partial charge in [-0.15, -0.1) is 0 Å². The third-order valence-corrected chi connectivity index (χ3v) is 5.29. The van der Waals surface area contributed by atoms with Crippen molar-refractivity contribution in [3.63, 3.8) is 0 Å². The number of fused-ring (bicyclic) bond motifs is 1. The molecule has 3 rings (SSSR count). The van der Waals surface area contributed by atoms with E-state index in [1.54, 1.807) is 6.07 Å².